The predicted octanol–water partition coefficient (Wildman–Crippen LogP) is 1.75. The molecule has 1 fully saturated rings. The Kier molecular flexibility index (Phi) is 3.04. The lowest BCUT2D eigenvalue weighted by Crippen LogP contribution is -2.21. The molecule has 0 amide bonds. The maximum Gasteiger partial charge on any atom is 0.133 e. The van der Waals surface area contributed by atoms with Gasteiger partial charge in [0.2, 0.25) is 0 Å². The molecule has 0 unspecified atom stereocenters. The first-order valence-electron chi connectivity index (χ1n) is 5.56. The van der Waals surface area contributed by atoms with Gasteiger partial charge in [-0.05, 0) is 25.7 Å². The van der Waals surface area contributed by atoms with E-state index in [1.807, 2.05) is 6.07 Å². The lowest BCUT2D eigenvalue weighted by Gasteiger charge is -2.17. The van der Waals surface area contributed by atoms with E-state index in [0.717, 1.165) is 30.6 Å². The van der Waals surface area contributed by atoms with Gasteiger partial charge in [0.1, 0.15) is 18.0 Å². The van der Waals surface area contributed by atoms with Gasteiger partial charge in [0.15, 0.2) is 0 Å². The van der Waals surface area contributed by atoms with Crippen molar-refractivity contribution in [2.75, 3.05) is 30.4 Å². The molecule has 0 spiro atoms. The van der Waals surface area contributed by atoms with Crippen LogP contribution in [0.4, 0.5) is 11.6 Å². The molecule has 0 atom stereocenters. The summed E-state index contributed by atoms with van der Waals surface area (Å²) in [5, 5.41) is 3.19. The van der Waals surface area contributed by atoms with Gasteiger partial charge in [-0.3, -0.25) is 0 Å². The summed E-state index contributed by atoms with van der Waals surface area (Å²) in [6.07, 6.45) is 4.36. The summed E-state index contributed by atoms with van der Waals surface area (Å²) in [4.78, 5) is 10.6. The molecule has 0 saturated heterocycles. The molecule has 4 heteroatoms. The molecule has 0 aromatic carbocycles. The average molecular weight is 206 g/mol. The van der Waals surface area contributed by atoms with E-state index in [-0.39, 0.29) is 0 Å². The number of hydrogen-bond acceptors (Lipinski definition) is 4. The van der Waals surface area contributed by atoms with Crippen molar-refractivity contribution in [1.29, 1.82) is 0 Å². The topological polar surface area (TPSA) is 41.0 Å². The van der Waals surface area contributed by atoms with Crippen LogP contribution in [0.25, 0.3) is 0 Å². The van der Waals surface area contributed by atoms with Gasteiger partial charge < -0.3 is 10.2 Å². The van der Waals surface area contributed by atoms with Gasteiger partial charge in [-0.15, -0.1) is 0 Å². The standard InChI is InChI=1S/C11H18N4/c1-3-12-10-6-11(14-8-13-10)15(2)7-9-4-5-9/h6,8-9H,3-5,7H2,1-2H3,(H,12,13,14). The Bertz CT molecular complexity index is 322. The number of nitrogens with zero attached hydrogens (tertiary/aromatic N) is 3. The molecule has 1 aromatic rings. The second kappa shape index (κ2) is 4.47. The Balaban J connectivity index is 2.01. The van der Waals surface area contributed by atoms with Crippen LogP contribution >= 0.6 is 0 Å². The van der Waals surface area contributed by atoms with E-state index in [9.17, 15) is 0 Å². The van der Waals surface area contributed by atoms with E-state index >= 15 is 0 Å². The first-order valence-corrected chi connectivity index (χ1v) is 5.56. The fourth-order valence-electron chi connectivity index (χ4n) is 1.61. The molecule has 1 aliphatic rings. The lowest BCUT2D eigenvalue weighted by atomic mass is 10.4. The molecule has 0 aliphatic heterocycles. The van der Waals surface area contributed by atoms with Crippen LogP contribution in [0, 0.1) is 5.92 Å². The third-order valence-electron chi connectivity index (χ3n) is 2.63. The van der Waals surface area contributed by atoms with Crippen LogP contribution in [-0.2, 0) is 0 Å². The fourth-order valence-corrected chi connectivity index (χ4v) is 1.61. The summed E-state index contributed by atoms with van der Waals surface area (Å²) in [5.41, 5.74) is 0. The highest BCUT2D eigenvalue weighted by molar-refractivity contribution is 5.47. The normalized spacial score (nSPS) is 15.1. The zero-order valence-electron chi connectivity index (χ0n) is 9.40. The summed E-state index contributed by atoms with van der Waals surface area (Å²) in [6, 6.07) is 2.01. The molecule has 2 rings (SSSR count). The zero-order chi connectivity index (χ0) is 10.7. The fraction of sp³-hybridized carbons (Fsp3) is 0.636. The van der Waals surface area contributed by atoms with Gasteiger partial charge in [-0.1, -0.05) is 0 Å². The van der Waals surface area contributed by atoms with Crippen LogP contribution in [0.2, 0.25) is 0 Å². The highest BCUT2D eigenvalue weighted by Gasteiger charge is 2.23. The first kappa shape index (κ1) is 10.2. The maximum atomic E-state index is 4.28. The van der Waals surface area contributed by atoms with Crippen molar-refractivity contribution in [2.24, 2.45) is 5.92 Å². The molecule has 1 N–H and O–H groups in total. The lowest BCUT2D eigenvalue weighted by molar-refractivity contribution is 0.775. The van der Waals surface area contributed by atoms with Gasteiger partial charge in [-0.25, -0.2) is 9.97 Å². The first-order chi connectivity index (χ1) is 7.29. The van der Waals surface area contributed by atoms with Gasteiger partial charge in [0.25, 0.3) is 0 Å². The maximum absolute atomic E-state index is 4.28. The van der Waals surface area contributed by atoms with Crippen molar-refractivity contribution in [3.05, 3.63) is 12.4 Å². The molecule has 0 radical (unpaired) electrons. The van der Waals surface area contributed by atoms with Crippen LogP contribution < -0.4 is 10.2 Å². The number of anilines is 2. The van der Waals surface area contributed by atoms with Gasteiger partial charge in [0.05, 0.1) is 0 Å². The Morgan fingerprint density at radius 2 is 2.27 bits per heavy atom. The molecular weight excluding hydrogens is 188 g/mol. The number of aromatic nitrogens is 2. The van der Waals surface area contributed by atoms with Crippen LogP contribution in [0.1, 0.15) is 19.8 Å². The highest BCUT2D eigenvalue weighted by atomic mass is 15.2. The van der Waals surface area contributed by atoms with E-state index in [1.165, 1.54) is 12.8 Å². The Morgan fingerprint density at radius 1 is 1.47 bits per heavy atom. The quantitative estimate of drug-likeness (QED) is 0.797. The van der Waals surface area contributed by atoms with E-state index in [2.05, 4.69) is 34.2 Å². The Labute approximate surface area is 90.7 Å². The molecule has 0 bridgehead atoms. The largest absolute Gasteiger partial charge is 0.370 e. The SMILES string of the molecule is CCNc1cc(N(C)CC2CC2)ncn1. The minimum absolute atomic E-state index is 0.882. The van der Waals surface area contributed by atoms with Crippen molar-refractivity contribution in [2.45, 2.75) is 19.8 Å². The van der Waals surface area contributed by atoms with Crippen LogP contribution in [0.5, 0.6) is 0 Å². The van der Waals surface area contributed by atoms with Crippen LogP contribution in [0.3, 0.4) is 0 Å². The second-order valence-corrected chi connectivity index (χ2v) is 4.12. The van der Waals surface area contributed by atoms with Gasteiger partial charge >= 0.3 is 0 Å². The van der Waals surface area contributed by atoms with Crippen molar-refractivity contribution >= 4 is 11.6 Å². The van der Waals surface area contributed by atoms with Crippen LogP contribution in [0.15, 0.2) is 12.4 Å². The molecule has 1 heterocycles. The molecule has 82 valence electrons. The van der Waals surface area contributed by atoms with E-state index < -0.39 is 0 Å². The molecule has 15 heavy (non-hydrogen) atoms. The Hall–Kier alpha value is -1.32. The van der Waals surface area contributed by atoms with Gasteiger partial charge in [0, 0.05) is 26.2 Å². The van der Waals surface area contributed by atoms with Crippen molar-refractivity contribution in [1.82, 2.24) is 9.97 Å². The van der Waals surface area contributed by atoms with Gasteiger partial charge in [-0.2, -0.15) is 0 Å². The molecule has 4 nitrogen and oxygen atoms in total. The summed E-state index contributed by atoms with van der Waals surface area (Å²) >= 11 is 0. The summed E-state index contributed by atoms with van der Waals surface area (Å²) < 4.78 is 0. The van der Waals surface area contributed by atoms with Crippen molar-refractivity contribution < 1.29 is 0 Å². The van der Waals surface area contributed by atoms with E-state index in [0.29, 0.717) is 0 Å². The second-order valence-electron chi connectivity index (χ2n) is 4.12. The van der Waals surface area contributed by atoms with E-state index in [4.69, 9.17) is 0 Å². The monoisotopic (exact) mass is 206 g/mol. The van der Waals surface area contributed by atoms with Crippen molar-refractivity contribution in [3.8, 4) is 0 Å². The highest BCUT2D eigenvalue weighted by Crippen LogP contribution is 2.30. The minimum Gasteiger partial charge on any atom is -0.370 e. The summed E-state index contributed by atoms with van der Waals surface area (Å²) in [7, 11) is 2.09. The zero-order valence-corrected chi connectivity index (χ0v) is 9.40. The summed E-state index contributed by atoms with van der Waals surface area (Å²) in [5.74, 6) is 2.80. The molecular formula is C11H18N4. The number of hydrogen-bond donors (Lipinski definition) is 1. The smallest absolute Gasteiger partial charge is 0.133 e. The molecule has 1 aromatic heterocycles. The third-order valence-corrected chi connectivity index (χ3v) is 2.63. The summed E-state index contributed by atoms with van der Waals surface area (Å²) in [6.45, 7) is 4.07. The molecule has 1 saturated carbocycles. The molecule has 1 aliphatic carbocycles. The van der Waals surface area contributed by atoms with E-state index in [1.54, 1.807) is 6.33 Å². The minimum atomic E-state index is 0.882. The number of rotatable bonds is 5. The predicted molar refractivity (Wildman–Crippen MR) is 62.2 cm³/mol. The van der Waals surface area contributed by atoms with Crippen molar-refractivity contribution in [3.63, 3.8) is 0 Å². The van der Waals surface area contributed by atoms with Crippen LogP contribution in [-0.4, -0.2) is 30.1 Å². The Morgan fingerprint density at radius 3 is 2.93 bits per heavy atom. The third kappa shape index (κ3) is 2.81. The average Bonchev–Trinajstić information content (AvgIpc) is 3.03. The number of nitrogens with one attached hydrogen (secondary N) is 1.